The monoisotopic (exact) mass is 245 g/mol. The van der Waals surface area contributed by atoms with Gasteiger partial charge in [-0.2, -0.15) is 0 Å². The molecule has 0 saturated carbocycles. The van der Waals surface area contributed by atoms with Crippen LogP contribution in [0.3, 0.4) is 0 Å². The molecule has 2 aromatic rings. The fraction of sp³-hybridized carbons (Fsp3) is 0.231. The van der Waals surface area contributed by atoms with E-state index in [1.807, 2.05) is 26.2 Å². The molecular weight excluding hydrogens is 230 g/mol. The summed E-state index contributed by atoms with van der Waals surface area (Å²) in [5, 5.41) is 2.77. The summed E-state index contributed by atoms with van der Waals surface area (Å²) >= 11 is 0. The summed E-state index contributed by atoms with van der Waals surface area (Å²) in [4.78, 5) is 22.7. The predicted octanol–water partition coefficient (Wildman–Crippen LogP) is 1.74. The van der Waals surface area contributed by atoms with Crippen LogP contribution in [0.15, 0.2) is 24.5 Å². The van der Waals surface area contributed by atoms with Gasteiger partial charge in [-0.15, -0.1) is 0 Å². The van der Waals surface area contributed by atoms with Crippen LogP contribution in [-0.2, 0) is 14.1 Å². The van der Waals surface area contributed by atoms with Crippen molar-refractivity contribution in [3.8, 4) is 0 Å². The molecule has 94 valence electrons. The van der Waals surface area contributed by atoms with Crippen molar-refractivity contribution >= 4 is 17.9 Å². The summed E-state index contributed by atoms with van der Waals surface area (Å²) in [6, 6.07) is 3.46. The van der Waals surface area contributed by atoms with Crippen molar-refractivity contribution in [2.75, 3.05) is 5.32 Å². The van der Waals surface area contributed by atoms with Crippen molar-refractivity contribution in [1.29, 1.82) is 0 Å². The third-order valence-electron chi connectivity index (χ3n) is 2.80. The molecule has 0 bridgehead atoms. The Kier molecular flexibility index (Phi) is 3.06. The predicted molar refractivity (Wildman–Crippen MR) is 68.9 cm³/mol. The first kappa shape index (κ1) is 12.2. The van der Waals surface area contributed by atoms with Gasteiger partial charge in [-0.05, 0) is 24.6 Å². The van der Waals surface area contributed by atoms with Gasteiger partial charge in [0.2, 0.25) is 0 Å². The van der Waals surface area contributed by atoms with Gasteiger partial charge in [0, 0.05) is 26.5 Å². The number of aromatic nitrogens is 2. The molecule has 0 aliphatic carbocycles. The number of amides is 1. The normalized spacial score (nSPS) is 10.4. The highest BCUT2D eigenvalue weighted by molar-refractivity contribution is 6.03. The molecule has 5 heteroatoms. The van der Waals surface area contributed by atoms with Crippen LogP contribution in [0.25, 0.3) is 0 Å². The first-order chi connectivity index (χ1) is 8.51. The summed E-state index contributed by atoms with van der Waals surface area (Å²) < 4.78 is 3.44. The van der Waals surface area contributed by atoms with Crippen molar-refractivity contribution in [2.45, 2.75) is 6.92 Å². The van der Waals surface area contributed by atoms with E-state index in [2.05, 4.69) is 5.32 Å². The van der Waals surface area contributed by atoms with Crippen molar-refractivity contribution < 1.29 is 9.59 Å². The van der Waals surface area contributed by atoms with Crippen molar-refractivity contribution in [3.63, 3.8) is 0 Å². The van der Waals surface area contributed by atoms with Gasteiger partial charge in [-0.25, -0.2) is 0 Å². The third-order valence-corrected chi connectivity index (χ3v) is 2.80. The highest BCUT2D eigenvalue weighted by Crippen LogP contribution is 2.14. The molecule has 0 radical (unpaired) electrons. The Morgan fingerprint density at radius 1 is 1.22 bits per heavy atom. The summed E-state index contributed by atoms with van der Waals surface area (Å²) in [7, 11) is 3.58. The number of hydrogen-bond donors (Lipinski definition) is 1. The maximum Gasteiger partial charge on any atom is 0.272 e. The van der Waals surface area contributed by atoms with Gasteiger partial charge in [0.1, 0.15) is 5.69 Å². The van der Waals surface area contributed by atoms with E-state index in [4.69, 9.17) is 0 Å². The van der Waals surface area contributed by atoms with Crippen LogP contribution >= 0.6 is 0 Å². The Morgan fingerprint density at radius 3 is 2.44 bits per heavy atom. The van der Waals surface area contributed by atoms with E-state index in [1.165, 1.54) is 0 Å². The van der Waals surface area contributed by atoms with Crippen LogP contribution in [0.2, 0.25) is 0 Å². The quantitative estimate of drug-likeness (QED) is 0.837. The van der Waals surface area contributed by atoms with Gasteiger partial charge in [0.25, 0.3) is 5.91 Å². The number of nitrogens with zero attached hydrogens (tertiary/aromatic N) is 2. The van der Waals surface area contributed by atoms with Gasteiger partial charge in [-0.3, -0.25) is 9.59 Å². The lowest BCUT2D eigenvalue weighted by molar-refractivity contribution is 0.101. The van der Waals surface area contributed by atoms with E-state index in [0.29, 0.717) is 17.1 Å². The number of anilines is 1. The Balaban J connectivity index is 2.21. The summed E-state index contributed by atoms with van der Waals surface area (Å²) in [6.45, 7) is 1.93. The second kappa shape index (κ2) is 4.52. The average Bonchev–Trinajstić information content (AvgIpc) is 2.81. The lowest BCUT2D eigenvalue weighted by atomic mass is 10.3. The topological polar surface area (TPSA) is 56.0 Å². The first-order valence-electron chi connectivity index (χ1n) is 5.57. The molecule has 0 aliphatic rings. The molecule has 0 saturated heterocycles. The fourth-order valence-corrected chi connectivity index (χ4v) is 1.92. The van der Waals surface area contributed by atoms with Crippen molar-refractivity contribution in [2.24, 2.45) is 14.1 Å². The first-order valence-corrected chi connectivity index (χ1v) is 5.57. The SMILES string of the molecule is Cc1cc(C(=O)Nc2cc(C=O)n(C)c2)n(C)c1. The molecule has 1 N–H and O–H groups in total. The van der Waals surface area contributed by atoms with Crippen LogP contribution in [0.5, 0.6) is 0 Å². The van der Waals surface area contributed by atoms with Gasteiger partial charge in [0.05, 0.1) is 11.4 Å². The van der Waals surface area contributed by atoms with E-state index >= 15 is 0 Å². The zero-order valence-electron chi connectivity index (χ0n) is 10.6. The number of carbonyl (C=O) groups excluding carboxylic acids is 2. The van der Waals surface area contributed by atoms with Crippen LogP contribution in [-0.4, -0.2) is 21.3 Å². The fourth-order valence-electron chi connectivity index (χ4n) is 1.92. The molecular formula is C13H15N3O2. The van der Waals surface area contributed by atoms with Crippen LogP contribution in [0, 0.1) is 6.92 Å². The second-order valence-corrected chi connectivity index (χ2v) is 4.35. The lowest BCUT2D eigenvalue weighted by Gasteiger charge is -2.03. The molecule has 0 aliphatic heterocycles. The number of aldehydes is 1. The Hall–Kier alpha value is -2.30. The minimum absolute atomic E-state index is 0.186. The Labute approximate surface area is 105 Å². The molecule has 18 heavy (non-hydrogen) atoms. The number of aryl methyl sites for hydroxylation is 3. The van der Waals surface area contributed by atoms with Gasteiger partial charge in [-0.1, -0.05) is 0 Å². The highest BCUT2D eigenvalue weighted by Gasteiger charge is 2.12. The molecule has 5 nitrogen and oxygen atoms in total. The minimum Gasteiger partial charge on any atom is -0.346 e. The van der Waals surface area contributed by atoms with Crippen molar-refractivity contribution in [1.82, 2.24) is 9.13 Å². The Morgan fingerprint density at radius 2 is 1.94 bits per heavy atom. The minimum atomic E-state index is -0.186. The molecule has 2 heterocycles. The number of rotatable bonds is 3. The molecule has 2 aromatic heterocycles. The highest BCUT2D eigenvalue weighted by atomic mass is 16.2. The molecule has 0 unspecified atom stereocenters. The van der Waals surface area contributed by atoms with E-state index in [1.54, 1.807) is 28.4 Å². The number of nitrogens with one attached hydrogen (secondary N) is 1. The largest absolute Gasteiger partial charge is 0.346 e. The van der Waals surface area contributed by atoms with Gasteiger partial charge in [0.15, 0.2) is 6.29 Å². The average molecular weight is 245 g/mol. The smallest absolute Gasteiger partial charge is 0.272 e. The summed E-state index contributed by atoms with van der Waals surface area (Å²) in [5.74, 6) is -0.186. The molecule has 0 atom stereocenters. The van der Waals surface area contributed by atoms with Crippen LogP contribution < -0.4 is 5.32 Å². The lowest BCUT2D eigenvalue weighted by Crippen LogP contribution is -2.14. The molecule has 0 aromatic carbocycles. The van der Waals surface area contributed by atoms with Crippen LogP contribution in [0.4, 0.5) is 5.69 Å². The van der Waals surface area contributed by atoms with E-state index in [0.717, 1.165) is 11.8 Å². The molecule has 0 fully saturated rings. The molecule has 2 rings (SSSR count). The molecule has 1 amide bonds. The summed E-state index contributed by atoms with van der Waals surface area (Å²) in [6.07, 6.45) is 4.34. The summed E-state index contributed by atoms with van der Waals surface area (Å²) in [5.41, 5.74) is 2.75. The van der Waals surface area contributed by atoms with E-state index < -0.39 is 0 Å². The zero-order valence-corrected chi connectivity index (χ0v) is 10.6. The number of carbonyl (C=O) groups is 2. The van der Waals surface area contributed by atoms with Crippen LogP contribution in [0.1, 0.15) is 26.5 Å². The Bertz CT molecular complexity index is 608. The maximum atomic E-state index is 12.0. The van der Waals surface area contributed by atoms with Gasteiger partial charge >= 0.3 is 0 Å². The third kappa shape index (κ3) is 2.20. The zero-order chi connectivity index (χ0) is 13.3. The van der Waals surface area contributed by atoms with E-state index in [9.17, 15) is 9.59 Å². The van der Waals surface area contributed by atoms with E-state index in [-0.39, 0.29) is 5.91 Å². The van der Waals surface area contributed by atoms with Crippen molar-refractivity contribution in [3.05, 3.63) is 41.5 Å². The number of hydrogen-bond acceptors (Lipinski definition) is 2. The molecule has 0 spiro atoms. The maximum absolute atomic E-state index is 12.0. The standard InChI is InChI=1S/C13H15N3O2/c1-9-4-12(16(3)6-9)13(18)14-10-5-11(8-17)15(2)7-10/h4-8H,1-3H3,(H,14,18). The second-order valence-electron chi connectivity index (χ2n) is 4.35. The van der Waals surface area contributed by atoms with Gasteiger partial charge < -0.3 is 14.5 Å².